The van der Waals surface area contributed by atoms with Gasteiger partial charge in [0.05, 0.1) is 6.34 Å². The van der Waals surface area contributed by atoms with Crippen molar-refractivity contribution in [3.8, 4) is 0 Å². The van der Waals surface area contributed by atoms with Crippen molar-refractivity contribution in [2.45, 2.75) is 19.1 Å². The van der Waals surface area contributed by atoms with Gasteiger partial charge in [-0.3, -0.25) is 9.79 Å². The number of benzene rings is 1. The molecule has 6 nitrogen and oxygen atoms in total. The van der Waals surface area contributed by atoms with Gasteiger partial charge in [0.25, 0.3) is 0 Å². The van der Waals surface area contributed by atoms with E-state index in [1.165, 1.54) is 6.92 Å². The highest BCUT2D eigenvalue weighted by atomic mass is 32.2. The van der Waals surface area contributed by atoms with Crippen LogP contribution in [0, 0.1) is 0 Å². The molecule has 20 heavy (non-hydrogen) atoms. The van der Waals surface area contributed by atoms with Gasteiger partial charge in [-0.05, 0) is 12.1 Å². The van der Waals surface area contributed by atoms with Crippen molar-refractivity contribution >= 4 is 41.4 Å². The van der Waals surface area contributed by atoms with E-state index in [2.05, 4.69) is 15.0 Å². The number of nitrogens with zero attached hydrogens (tertiary/aromatic N) is 4. The van der Waals surface area contributed by atoms with Gasteiger partial charge in [0.2, 0.25) is 5.17 Å². The molecule has 1 aromatic carbocycles. The molecule has 1 aromatic rings. The number of carbonyl (C=O) groups excluding carboxylic acids is 1. The summed E-state index contributed by atoms with van der Waals surface area (Å²) in [5.74, 6) is -0.377. The Bertz CT molecular complexity index is 600. The van der Waals surface area contributed by atoms with Gasteiger partial charge in [-0.1, -0.05) is 18.2 Å². The van der Waals surface area contributed by atoms with E-state index in [9.17, 15) is 4.79 Å². The Hall–Kier alpha value is -2.15. The summed E-state index contributed by atoms with van der Waals surface area (Å²) in [6, 6.07) is 9.78. The molecule has 3 rings (SSSR count). The predicted molar refractivity (Wildman–Crippen MR) is 80.3 cm³/mol. The van der Waals surface area contributed by atoms with Gasteiger partial charge >= 0.3 is 5.97 Å². The third kappa shape index (κ3) is 2.57. The third-order valence-corrected chi connectivity index (χ3v) is 3.50. The van der Waals surface area contributed by atoms with Crippen LogP contribution in [0.5, 0.6) is 0 Å². The van der Waals surface area contributed by atoms with Crippen molar-refractivity contribution in [2.24, 2.45) is 15.0 Å². The lowest BCUT2D eigenvalue weighted by atomic mass is 10.2. The smallest absolute Gasteiger partial charge is 0.315 e. The molecular weight excluding hydrogens is 276 g/mol. The Morgan fingerprint density at radius 2 is 2.15 bits per heavy atom. The van der Waals surface area contributed by atoms with Crippen LogP contribution in [0.4, 0.5) is 5.69 Å². The second-order valence-electron chi connectivity index (χ2n) is 4.26. The van der Waals surface area contributed by atoms with Gasteiger partial charge in [0.1, 0.15) is 18.1 Å². The van der Waals surface area contributed by atoms with Crippen molar-refractivity contribution in [3.63, 3.8) is 0 Å². The summed E-state index contributed by atoms with van der Waals surface area (Å²) >= 11 is 0.872. The summed E-state index contributed by atoms with van der Waals surface area (Å²) in [6.45, 7) is 1.35. The fraction of sp³-hybridized carbons (Fsp3) is 0.231. The molecule has 2 unspecified atom stereocenters. The van der Waals surface area contributed by atoms with Crippen LogP contribution in [0.25, 0.3) is 0 Å². The van der Waals surface area contributed by atoms with Crippen molar-refractivity contribution in [3.05, 3.63) is 30.3 Å². The zero-order chi connectivity index (χ0) is 13.9. The number of rotatable bonds is 1. The number of fused-ring (bicyclic) bond motifs is 1. The number of carbonyl (C=O) groups is 1. The average molecular weight is 288 g/mol. The Kier molecular flexibility index (Phi) is 3.51. The quantitative estimate of drug-likeness (QED) is 0.740. The van der Waals surface area contributed by atoms with Gasteiger partial charge in [-0.2, -0.15) is 0 Å². The van der Waals surface area contributed by atoms with E-state index < -0.39 is 0 Å². The highest BCUT2D eigenvalue weighted by Gasteiger charge is 2.33. The SMILES string of the molecule is CC(=O)OSC1=NC2C(C=N1)N=CN2c1ccccc1. The van der Waals surface area contributed by atoms with E-state index in [1.54, 1.807) is 12.6 Å². The van der Waals surface area contributed by atoms with Crippen LogP contribution in [-0.4, -0.2) is 35.9 Å². The first-order valence-electron chi connectivity index (χ1n) is 6.08. The van der Waals surface area contributed by atoms with Crippen molar-refractivity contribution in [1.82, 2.24) is 0 Å². The molecule has 0 fully saturated rings. The zero-order valence-electron chi connectivity index (χ0n) is 10.7. The molecule has 102 valence electrons. The molecular formula is C13H12N4O2S. The Morgan fingerprint density at radius 1 is 1.35 bits per heavy atom. The van der Waals surface area contributed by atoms with E-state index in [1.807, 2.05) is 35.2 Å². The molecule has 2 heterocycles. The number of anilines is 1. The molecule has 2 aliphatic rings. The van der Waals surface area contributed by atoms with Gasteiger partial charge in [-0.25, -0.2) is 9.98 Å². The van der Waals surface area contributed by atoms with Crippen LogP contribution >= 0.6 is 12.0 Å². The fourth-order valence-corrected chi connectivity index (χ4v) is 2.40. The molecule has 7 heteroatoms. The first-order valence-corrected chi connectivity index (χ1v) is 6.82. The monoisotopic (exact) mass is 288 g/mol. The molecule has 0 amide bonds. The normalized spacial score (nSPS) is 23.4. The lowest BCUT2D eigenvalue weighted by Gasteiger charge is -2.25. The maximum atomic E-state index is 10.8. The number of para-hydroxylation sites is 1. The molecule has 0 saturated carbocycles. The number of hydrogen-bond donors (Lipinski definition) is 0. The van der Waals surface area contributed by atoms with E-state index in [0.29, 0.717) is 5.17 Å². The van der Waals surface area contributed by atoms with Crippen LogP contribution in [0.2, 0.25) is 0 Å². The molecule has 0 spiro atoms. The molecule has 0 saturated heterocycles. The number of aliphatic imine (C=N–C) groups is 3. The van der Waals surface area contributed by atoms with Crippen molar-refractivity contribution in [2.75, 3.05) is 4.90 Å². The topological polar surface area (TPSA) is 66.6 Å². The van der Waals surface area contributed by atoms with Gasteiger partial charge < -0.3 is 9.08 Å². The van der Waals surface area contributed by atoms with E-state index in [4.69, 9.17) is 4.18 Å². The maximum absolute atomic E-state index is 10.8. The zero-order valence-corrected chi connectivity index (χ0v) is 11.5. The Labute approximate surface area is 120 Å². The number of amidine groups is 1. The van der Waals surface area contributed by atoms with Crippen molar-refractivity contribution in [1.29, 1.82) is 0 Å². The second-order valence-corrected chi connectivity index (χ2v) is 4.96. The average Bonchev–Trinajstić information content (AvgIpc) is 2.89. The Balaban J connectivity index is 1.79. The molecule has 0 aliphatic carbocycles. The van der Waals surface area contributed by atoms with Crippen LogP contribution in [0.15, 0.2) is 45.3 Å². The van der Waals surface area contributed by atoms with E-state index in [-0.39, 0.29) is 18.2 Å². The summed E-state index contributed by atoms with van der Waals surface area (Å²) in [5, 5.41) is 0.424. The molecule has 2 aliphatic heterocycles. The first-order chi connectivity index (χ1) is 9.74. The minimum absolute atomic E-state index is 0.100. The fourth-order valence-electron chi connectivity index (χ4n) is 1.96. The first kappa shape index (κ1) is 12.9. The summed E-state index contributed by atoms with van der Waals surface area (Å²) in [5.41, 5.74) is 1.01. The minimum atomic E-state index is -0.377. The third-order valence-electron chi connectivity index (χ3n) is 2.82. The van der Waals surface area contributed by atoms with Gasteiger partial charge in [0, 0.05) is 18.8 Å². The highest BCUT2D eigenvalue weighted by Crippen LogP contribution is 2.26. The minimum Gasteiger partial charge on any atom is -0.383 e. The second kappa shape index (κ2) is 5.46. The summed E-state index contributed by atoms with van der Waals surface area (Å²) < 4.78 is 4.84. The summed E-state index contributed by atoms with van der Waals surface area (Å²) in [7, 11) is 0. The Morgan fingerprint density at radius 3 is 2.90 bits per heavy atom. The molecule has 0 bridgehead atoms. The van der Waals surface area contributed by atoms with Crippen LogP contribution in [-0.2, 0) is 8.98 Å². The summed E-state index contributed by atoms with van der Waals surface area (Å²) in [6.07, 6.45) is 3.32. The van der Waals surface area contributed by atoms with Crippen LogP contribution in [0.3, 0.4) is 0 Å². The van der Waals surface area contributed by atoms with Crippen LogP contribution in [0.1, 0.15) is 6.92 Å². The standard InChI is InChI=1S/C13H12N4O2S/c1-9(18)19-20-13-14-7-11-12(16-13)17(8-15-11)10-5-3-2-4-6-10/h2-8,11-12H,1H3. The molecule has 2 atom stereocenters. The largest absolute Gasteiger partial charge is 0.383 e. The number of hydrogen-bond acceptors (Lipinski definition) is 7. The molecule has 0 N–H and O–H groups in total. The van der Waals surface area contributed by atoms with Gasteiger partial charge in [0.15, 0.2) is 6.17 Å². The van der Waals surface area contributed by atoms with E-state index in [0.717, 1.165) is 17.7 Å². The lowest BCUT2D eigenvalue weighted by molar-refractivity contribution is -0.130. The van der Waals surface area contributed by atoms with Crippen LogP contribution < -0.4 is 4.90 Å². The van der Waals surface area contributed by atoms with E-state index >= 15 is 0 Å². The summed E-state index contributed by atoms with van der Waals surface area (Å²) in [4.78, 5) is 25.8. The molecule has 0 radical (unpaired) electrons. The maximum Gasteiger partial charge on any atom is 0.315 e. The highest BCUT2D eigenvalue weighted by molar-refractivity contribution is 8.10. The lowest BCUT2D eigenvalue weighted by Crippen LogP contribution is -2.38. The predicted octanol–water partition coefficient (Wildman–Crippen LogP) is 1.88. The van der Waals surface area contributed by atoms with Gasteiger partial charge in [-0.15, -0.1) is 0 Å². The van der Waals surface area contributed by atoms with Crippen molar-refractivity contribution < 1.29 is 8.98 Å². The molecule has 0 aromatic heterocycles.